The summed E-state index contributed by atoms with van der Waals surface area (Å²) >= 11 is 3.44. The molecule has 0 spiro atoms. The maximum Gasteiger partial charge on any atom is 0.494 e. The number of rotatable bonds is 5. The first-order chi connectivity index (χ1) is 24.9. The Kier molecular flexibility index (Phi) is 16.3. The largest absolute Gasteiger partial charge is 0.494 e. The number of nitrogens with zero attached hydrogens (tertiary/aromatic N) is 6. The second-order valence-electron chi connectivity index (χ2n) is 14.2. The van der Waals surface area contributed by atoms with Gasteiger partial charge in [0.05, 0.1) is 22.3 Å². The van der Waals surface area contributed by atoms with E-state index in [1.807, 2.05) is 36.4 Å². The van der Waals surface area contributed by atoms with E-state index in [-0.39, 0.29) is 75.4 Å². The molecule has 0 aliphatic carbocycles. The fourth-order valence-electron chi connectivity index (χ4n) is 6.50. The minimum atomic E-state index is -0.462. The Bertz CT molecular complexity index is 1940. The van der Waals surface area contributed by atoms with E-state index in [1.165, 1.54) is 17.8 Å². The number of benzene rings is 4. The minimum absolute atomic E-state index is 0. The summed E-state index contributed by atoms with van der Waals surface area (Å²) < 4.78 is 41.0. The molecular formula is C42H50BBrF2N6O2U. The van der Waals surface area contributed by atoms with E-state index in [1.54, 1.807) is 12.1 Å². The van der Waals surface area contributed by atoms with Crippen LogP contribution in [-0.2, 0) is 9.31 Å². The molecule has 4 aromatic carbocycles. The van der Waals surface area contributed by atoms with E-state index in [4.69, 9.17) is 19.8 Å². The minimum Gasteiger partial charge on any atom is -0.399 e. The van der Waals surface area contributed by atoms with Crippen molar-refractivity contribution in [2.45, 2.75) is 53.8 Å². The summed E-state index contributed by atoms with van der Waals surface area (Å²) in [4.78, 5) is 8.95. The van der Waals surface area contributed by atoms with Gasteiger partial charge in [-0.2, -0.15) is 10.5 Å². The van der Waals surface area contributed by atoms with Crippen molar-refractivity contribution in [3.8, 4) is 12.1 Å². The van der Waals surface area contributed by atoms with Gasteiger partial charge in [-0.3, -0.25) is 0 Å². The Morgan fingerprint density at radius 3 is 1.20 bits per heavy atom. The van der Waals surface area contributed by atoms with Gasteiger partial charge in [0, 0.05) is 111 Å². The van der Waals surface area contributed by atoms with E-state index < -0.39 is 11.6 Å². The van der Waals surface area contributed by atoms with Crippen molar-refractivity contribution in [1.29, 1.82) is 10.5 Å². The maximum absolute atomic E-state index is 13.9. The molecule has 0 radical (unpaired) electrons. The second-order valence-corrected chi connectivity index (χ2v) is 15.1. The van der Waals surface area contributed by atoms with Crippen molar-refractivity contribution in [2.75, 3.05) is 72.0 Å². The summed E-state index contributed by atoms with van der Waals surface area (Å²) in [5.41, 5.74) is 4.51. The van der Waals surface area contributed by atoms with Crippen molar-refractivity contribution >= 4 is 51.3 Å². The predicted molar refractivity (Wildman–Crippen MR) is 221 cm³/mol. The molecule has 0 atom stereocenters. The molecule has 0 saturated carbocycles. The van der Waals surface area contributed by atoms with Crippen LogP contribution in [-0.4, -0.2) is 70.7 Å². The van der Waals surface area contributed by atoms with Gasteiger partial charge in [0.25, 0.3) is 0 Å². The Balaban J connectivity index is 0.000000292. The number of nitriles is 2. The van der Waals surface area contributed by atoms with Gasteiger partial charge in [0.1, 0.15) is 23.8 Å². The van der Waals surface area contributed by atoms with Crippen LogP contribution in [0.3, 0.4) is 0 Å². The van der Waals surface area contributed by atoms with E-state index in [2.05, 4.69) is 99.6 Å². The summed E-state index contributed by atoms with van der Waals surface area (Å²) in [7, 11) is -0.354. The van der Waals surface area contributed by atoms with Gasteiger partial charge in [-0.05, 0) is 106 Å². The van der Waals surface area contributed by atoms with Crippen molar-refractivity contribution in [3.63, 3.8) is 0 Å². The van der Waals surface area contributed by atoms with Gasteiger partial charge in [-0.15, -0.1) is 0 Å². The van der Waals surface area contributed by atoms with Gasteiger partial charge in [0.15, 0.2) is 0 Å². The molecule has 0 amide bonds. The molecule has 4 aromatic rings. The molecule has 3 fully saturated rings. The van der Waals surface area contributed by atoms with Crippen molar-refractivity contribution in [1.82, 2.24) is 0 Å². The number of piperazine rings is 2. The van der Waals surface area contributed by atoms with Crippen molar-refractivity contribution in [3.05, 3.63) is 112 Å². The first kappa shape index (κ1) is 45.8. The van der Waals surface area contributed by atoms with Crippen LogP contribution in [0.2, 0.25) is 0 Å². The molecule has 0 aromatic heterocycles. The molecule has 3 aliphatic heterocycles. The second kappa shape index (κ2) is 19.5. The fraction of sp³-hybridized carbons (Fsp3) is 0.381. The molecular weight excluding hydrogens is 987 g/mol. The first-order valence-electron chi connectivity index (χ1n) is 17.5. The van der Waals surface area contributed by atoms with Gasteiger partial charge in [0.2, 0.25) is 0 Å². The average Bonchev–Trinajstić information content (AvgIpc) is 3.38. The summed E-state index contributed by atoms with van der Waals surface area (Å²) in [5, 5.41) is 17.7. The van der Waals surface area contributed by atoms with E-state index in [9.17, 15) is 8.78 Å². The van der Waals surface area contributed by atoms with Crippen LogP contribution in [0.4, 0.5) is 31.5 Å². The Hall–Kier alpha value is -3.56. The maximum atomic E-state index is 13.9. The smallest absolute Gasteiger partial charge is 0.399 e. The van der Waals surface area contributed by atoms with E-state index in [0.717, 1.165) is 79.4 Å². The first-order valence-corrected chi connectivity index (χ1v) is 18.3. The zero-order valence-corrected chi connectivity index (χ0v) is 36.2. The zero-order chi connectivity index (χ0) is 37.0. The van der Waals surface area contributed by atoms with Crippen LogP contribution in [0, 0.1) is 65.4 Å². The molecule has 13 heteroatoms. The molecule has 8 nitrogen and oxygen atoms in total. The van der Waals surface area contributed by atoms with Crippen molar-refractivity contribution in [2.24, 2.45) is 0 Å². The molecule has 0 N–H and O–H groups in total. The van der Waals surface area contributed by atoms with Crippen LogP contribution in [0.5, 0.6) is 0 Å². The molecule has 55 heavy (non-hydrogen) atoms. The Labute approximate surface area is 358 Å². The van der Waals surface area contributed by atoms with E-state index in [0.29, 0.717) is 0 Å². The molecule has 288 valence electrons. The van der Waals surface area contributed by atoms with Crippen LogP contribution < -0.4 is 25.1 Å². The quantitative estimate of drug-likeness (QED) is 0.185. The molecule has 3 saturated heterocycles. The standard InChI is InChI=1S/C23H27BFN3O2.C17H15BrFN3.2CH4.U/c1-22(2)23(3,4)30-24(29-22)18-6-9-19(10-7-18)27-11-13-28(14-12-27)20-8-5-17(16-26)21(25)15-20;18-14-2-5-15(6-3-14)21-7-9-22(10-8-21)16-4-1-13(12-20)17(19)11-16;;;/h5-10,15H,11-14H2,1-4H3;1-6,11H,7-10H2;2*1H4;. The van der Waals surface area contributed by atoms with Gasteiger partial charge in [-0.1, -0.05) is 42.9 Å². The van der Waals surface area contributed by atoms with Gasteiger partial charge < -0.3 is 28.9 Å². The molecule has 3 aliphatic rings. The summed E-state index contributed by atoms with van der Waals surface area (Å²) in [6.07, 6.45) is 0. The molecule has 0 bridgehead atoms. The van der Waals surface area contributed by atoms with Crippen molar-refractivity contribution < 1.29 is 49.2 Å². The van der Waals surface area contributed by atoms with Gasteiger partial charge >= 0.3 is 7.12 Å². The number of halogens is 3. The van der Waals surface area contributed by atoms with Gasteiger partial charge in [-0.25, -0.2) is 8.78 Å². The molecule has 0 unspecified atom stereocenters. The zero-order valence-electron chi connectivity index (χ0n) is 30.5. The Morgan fingerprint density at radius 2 is 0.873 bits per heavy atom. The normalized spacial score (nSPS) is 17.0. The van der Waals surface area contributed by atoms with Crippen LogP contribution in [0.25, 0.3) is 0 Å². The third-order valence-corrected chi connectivity index (χ3v) is 10.9. The number of hydrogen-bond acceptors (Lipinski definition) is 8. The average molecular weight is 1040 g/mol. The monoisotopic (exact) mass is 1040 g/mol. The summed E-state index contributed by atoms with van der Waals surface area (Å²) in [6.45, 7) is 15.0. The summed E-state index contributed by atoms with van der Waals surface area (Å²) in [5.74, 6) is -0.911. The Morgan fingerprint density at radius 1 is 0.564 bits per heavy atom. The number of hydrogen-bond donors (Lipinski definition) is 0. The topological polar surface area (TPSA) is 79.0 Å². The van der Waals surface area contributed by atoms with Crippen LogP contribution >= 0.6 is 15.9 Å². The predicted octanol–water partition coefficient (Wildman–Crippen LogP) is 8.38. The SMILES string of the molecule is C.C.CC1(C)OB(c2ccc(N3CCN(c4ccc(C#N)c(F)c4)CC3)cc2)OC1(C)C.N#Cc1ccc(N2CCN(c3ccc(Br)cc3)CC2)cc1F.[U]. The number of anilines is 4. The third kappa shape index (κ3) is 10.6. The van der Waals surface area contributed by atoms with Crippen LogP contribution in [0.1, 0.15) is 53.7 Å². The van der Waals surface area contributed by atoms with Crippen LogP contribution in [0.15, 0.2) is 89.4 Å². The summed E-state index contributed by atoms with van der Waals surface area (Å²) in [6, 6.07) is 30.0. The fourth-order valence-corrected chi connectivity index (χ4v) is 6.77. The molecule has 7 rings (SSSR count). The van der Waals surface area contributed by atoms with E-state index >= 15 is 0 Å². The molecule has 3 heterocycles. The third-order valence-electron chi connectivity index (χ3n) is 10.4.